The van der Waals surface area contributed by atoms with Crippen molar-refractivity contribution in [2.45, 2.75) is 19.0 Å². The standard InChI is InChI=1S/C11H11F5N2O/c12-7-4-6(10(17)18)5-8(13)9(7)19-3-1-2-11(14,15)16/h4-5H,1-3H2,(H3,17,18). The average molecular weight is 282 g/mol. The van der Waals surface area contributed by atoms with Gasteiger partial charge in [-0.15, -0.1) is 0 Å². The van der Waals surface area contributed by atoms with Crippen LogP contribution in [0.2, 0.25) is 0 Å². The minimum atomic E-state index is -4.33. The number of rotatable bonds is 5. The molecule has 19 heavy (non-hydrogen) atoms. The summed E-state index contributed by atoms with van der Waals surface area (Å²) in [5.41, 5.74) is 4.89. The third kappa shape index (κ3) is 4.72. The van der Waals surface area contributed by atoms with Gasteiger partial charge in [0.05, 0.1) is 6.61 Å². The van der Waals surface area contributed by atoms with E-state index in [-0.39, 0.29) is 5.56 Å². The van der Waals surface area contributed by atoms with Gasteiger partial charge in [0.25, 0.3) is 0 Å². The fourth-order valence-corrected chi connectivity index (χ4v) is 1.30. The maximum atomic E-state index is 13.4. The molecule has 0 unspecified atom stereocenters. The second kappa shape index (κ2) is 5.85. The van der Waals surface area contributed by atoms with Gasteiger partial charge in [-0.3, -0.25) is 5.41 Å². The maximum Gasteiger partial charge on any atom is 0.389 e. The smallest absolute Gasteiger partial charge is 0.389 e. The van der Waals surface area contributed by atoms with Crippen molar-refractivity contribution in [1.29, 1.82) is 5.41 Å². The van der Waals surface area contributed by atoms with E-state index in [0.29, 0.717) is 0 Å². The van der Waals surface area contributed by atoms with E-state index < -0.39 is 48.8 Å². The van der Waals surface area contributed by atoms with Crippen molar-refractivity contribution in [1.82, 2.24) is 0 Å². The number of hydrogen-bond donors (Lipinski definition) is 2. The van der Waals surface area contributed by atoms with Gasteiger partial charge < -0.3 is 10.5 Å². The van der Waals surface area contributed by atoms with Gasteiger partial charge in [0, 0.05) is 12.0 Å². The second-order valence-electron chi connectivity index (χ2n) is 3.75. The Morgan fingerprint density at radius 3 is 2.16 bits per heavy atom. The van der Waals surface area contributed by atoms with Crippen LogP contribution in [0, 0.1) is 17.0 Å². The third-order valence-electron chi connectivity index (χ3n) is 2.16. The molecule has 0 radical (unpaired) electrons. The normalized spacial score (nSPS) is 11.4. The molecule has 0 saturated heterocycles. The number of alkyl halides is 3. The van der Waals surface area contributed by atoms with E-state index in [0.717, 1.165) is 12.1 Å². The van der Waals surface area contributed by atoms with Crippen LogP contribution in [0.5, 0.6) is 5.75 Å². The highest BCUT2D eigenvalue weighted by Gasteiger charge is 2.26. The Morgan fingerprint density at radius 1 is 1.21 bits per heavy atom. The molecule has 0 aromatic heterocycles. The van der Waals surface area contributed by atoms with E-state index in [2.05, 4.69) is 4.74 Å². The molecule has 0 fully saturated rings. The molecule has 8 heteroatoms. The number of nitrogens with one attached hydrogen (secondary N) is 1. The topological polar surface area (TPSA) is 59.1 Å². The highest BCUT2D eigenvalue weighted by molar-refractivity contribution is 5.95. The molecule has 0 aliphatic carbocycles. The molecule has 3 nitrogen and oxygen atoms in total. The number of halogens is 5. The molecule has 0 atom stereocenters. The molecule has 0 aliphatic rings. The molecule has 0 spiro atoms. The van der Waals surface area contributed by atoms with E-state index >= 15 is 0 Å². The summed E-state index contributed by atoms with van der Waals surface area (Å²) >= 11 is 0. The van der Waals surface area contributed by atoms with Crippen molar-refractivity contribution in [3.05, 3.63) is 29.3 Å². The summed E-state index contributed by atoms with van der Waals surface area (Å²) in [5.74, 6) is -3.52. The van der Waals surface area contributed by atoms with E-state index in [1.54, 1.807) is 0 Å². The fraction of sp³-hybridized carbons (Fsp3) is 0.364. The first-order chi connectivity index (χ1) is 8.70. The predicted octanol–water partition coefficient (Wildman–Crippen LogP) is 2.97. The number of nitrogens with two attached hydrogens (primary N) is 1. The van der Waals surface area contributed by atoms with Gasteiger partial charge in [-0.1, -0.05) is 0 Å². The monoisotopic (exact) mass is 282 g/mol. The lowest BCUT2D eigenvalue weighted by atomic mass is 10.2. The molecule has 0 amide bonds. The van der Waals surface area contributed by atoms with Gasteiger partial charge in [-0.25, -0.2) is 8.78 Å². The Hall–Kier alpha value is -1.86. The molecule has 1 aromatic rings. The van der Waals surface area contributed by atoms with E-state index in [4.69, 9.17) is 11.1 Å². The summed E-state index contributed by atoms with van der Waals surface area (Å²) in [4.78, 5) is 0. The first-order valence-electron chi connectivity index (χ1n) is 5.23. The summed E-state index contributed by atoms with van der Waals surface area (Å²) in [6.07, 6.45) is -5.84. The van der Waals surface area contributed by atoms with Crippen LogP contribution in [0.4, 0.5) is 22.0 Å². The Morgan fingerprint density at radius 2 is 1.74 bits per heavy atom. The number of nitrogen functional groups attached to an aromatic ring is 1. The first kappa shape index (κ1) is 15.2. The molecule has 0 saturated carbocycles. The zero-order valence-electron chi connectivity index (χ0n) is 9.65. The van der Waals surface area contributed by atoms with E-state index in [1.165, 1.54) is 0 Å². The molecule has 0 heterocycles. The van der Waals surface area contributed by atoms with E-state index in [9.17, 15) is 22.0 Å². The number of benzene rings is 1. The zero-order chi connectivity index (χ0) is 14.6. The van der Waals surface area contributed by atoms with Crippen LogP contribution in [-0.4, -0.2) is 18.6 Å². The van der Waals surface area contributed by atoms with Gasteiger partial charge in [0.15, 0.2) is 17.4 Å². The first-order valence-corrected chi connectivity index (χ1v) is 5.23. The van der Waals surface area contributed by atoms with Crippen LogP contribution >= 0.6 is 0 Å². The van der Waals surface area contributed by atoms with Crippen LogP contribution in [0.3, 0.4) is 0 Å². The zero-order valence-corrected chi connectivity index (χ0v) is 9.65. The summed E-state index contributed by atoms with van der Waals surface area (Å²) in [6.45, 7) is -0.466. The molecule has 3 N–H and O–H groups in total. The lowest BCUT2D eigenvalue weighted by Crippen LogP contribution is -2.13. The van der Waals surface area contributed by atoms with Gasteiger partial charge in [-0.05, 0) is 18.6 Å². The summed E-state index contributed by atoms with van der Waals surface area (Å²) in [6, 6.07) is 1.56. The molecular weight excluding hydrogens is 271 g/mol. The molecule has 0 aliphatic heterocycles. The van der Waals surface area contributed by atoms with Crippen LogP contribution in [0.25, 0.3) is 0 Å². The minimum Gasteiger partial charge on any atom is -0.488 e. The minimum absolute atomic E-state index is 0.169. The predicted molar refractivity (Wildman–Crippen MR) is 58.2 cm³/mol. The SMILES string of the molecule is N=C(N)c1cc(F)c(OCCCC(F)(F)F)c(F)c1. The quantitative estimate of drug-likeness (QED) is 0.377. The van der Waals surface area contributed by atoms with Crippen molar-refractivity contribution >= 4 is 5.84 Å². The summed E-state index contributed by atoms with van der Waals surface area (Å²) in [7, 11) is 0. The van der Waals surface area contributed by atoms with Crippen molar-refractivity contribution < 1.29 is 26.7 Å². The molecule has 1 rings (SSSR count). The van der Waals surface area contributed by atoms with Crippen molar-refractivity contribution in [3.8, 4) is 5.75 Å². The van der Waals surface area contributed by atoms with Crippen LogP contribution < -0.4 is 10.5 Å². The van der Waals surface area contributed by atoms with Gasteiger partial charge in [0.2, 0.25) is 0 Å². The van der Waals surface area contributed by atoms with Crippen molar-refractivity contribution in [2.24, 2.45) is 5.73 Å². The number of ether oxygens (including phenoxy) is 1. The number of amidine groups is 1. The highest BCUT2D eigenvalue weighted by Crippen LogP contribution is 2.25. The Bertz CT molecular complexity index is 450. The van der Waals surface area contributed by atoms with Crippen molar-refractivity contribution in [3.63, 3.8) is 0 Å². The van der Waals surface area contributed by atoms with Gasteiger partial charge in [0.1, 0.15) is 5.84 Å². The maximum absolute atomic E-state index is 13.4. The highest BCUT2D eigenvalue weighted by atomic mass is 19.4. The van der Waals surface area contributed by atoms with Gasteiger partial charge >= 0.3 is 6.18 Å². The van der Waals surface area contributed by atoms with Gasteiger partial charge in [-0.2, -0.15) is 13.2 Å². The Balaban J connectivity index is 2.67. The second-order valence-corrected chi connectivity index (χ2v) is 3.75. The third-order valence-corrected chi connectivity index (χ3v) is 2.16. The lowest BCUT2D eigenvalue weighted by molar-refractivity contribution is -0.136. The Labute approximate surface area is 105 Å². The van der Waals surface area contributed by atoms with Crippen LogP contribution in [-0.2, 0) is 0 Å². The average Bonchev–Trinajstić information content (AvgIpc) is 2.25. The summed E-state index contributed by atoms with van der Waals surface area (Å²) < 4.78 is 66.9. The molecular formula is C11H11F5N2O. The van der Waals surface area contributed by atoms with Crippen molar-refractivity contribution in [2.75, 3.05) is 6.61 Å². The lowest BCUT2D eigenvalue weighted by Gasteiger charge is -2.10. The molecule has 0 bridgehead atoms. The molecule has 1 aromatic carbocycles. The Kier molecular flexibility index (Phi) is 4.68. The van der Waals surface area contributed by atoms with E-state index in [1.807, 2.05) is 0 Å². The van der Waals surface area contributed by atoms with Crippen LogP contribution in [0.1, 0.15) is 18.4 Å². The summed E-state index contributed by atoms with van der Waals surface area (Å²) in [5, 5.41) is 7.01. The van der Waals surface area contributed by atoms with Crippen LogP contribution in [0.15, 0.2) is 12.1 Å². The largest absolute Gasteiger partial charge is 0.488 e. The molecule has 106 valence electrons. The number of hydrogen-bond acceptors (Lipinski definition) is 2. The fourth-order valence-electron chi connectivity index (χ4n) is 1.30.